The normalized spacial score (nSPS) is 11.0. The number of amides is 1. The van der Waals surface area contributed by atoms with E-state index in [1.165, 1.54) is 0 Å². The Balaban J connectivity index is 1.57. The van der Waals surface area contributed by atoms with E-state index >= 15 is 0 Å². The quantitative estimate of drug-likeness (QED) is 0.431. The summed E-state index contributed by atoms with van der Waals surface area (Å²) in [4.78, 5) is 24.9. The summed E-state index contributed by atoms with van der Waals surface area (Å²) in [5, 5.41) is 4.65. The fraction of sp³-hybridized carbons (Fsp3) is 0.0909. The molecule has 0 spiro atoms. The van der Waals surface area contributed by atoms with Crippen molar-refractivity contribution in [1.82, 2.24) is 0 Å². The molecule has 0 saturated carbocycles. The van der Waals surface area contributed by atoms with Crippen molar-refractivity contribution in [2.45, 2.75) is 6.92 Å². The molecule has 0 fully saturated rings. The second-order valence-corrected chi connectivity index (χ2v) is 7.37. The van der Waals surface area contributed by atoms with Crippen LogP contribution in [0.4, 0.5) is 5.69 Å². The predicted octanol–water partition coefficient (Wildman–Crippen LogP) is 5.58. The molecular weight excluding hydrogens is 413 g/mol. The Morgan fingerprint density at radius 3 is 2.48 bits per heavy atom. The lowest BCUT2D eigenvalue weighted by Gasteiger charge is -2.09. The molecule has 3 aromatic carbocycles. The number of fused-ring (bicyclic) bond motifs is 2. The molecule has 7 heteroatoms. The standard InChI is InChI=1S/C22H15Cl2NO4/c1-12-8-19-17(10-18(12)24)22(27)16-7-4-14(9-20(16)29-19)25-21(26)11-28-15-5-2-13(23)3-6-15/h2-10H,11H2,1H3,(H,25,26). The van der Waals surface area contributed by atoms with Gasteiger partial charge in [0.15, 0.2) is 6.61 Å². The van der Waals surface area contributed by atoms with Crippen LogP contribution in [0.5, 0.6) is 5.75 Å². The molecule has 0 aliphatic carbocycles. The lowest BCUT2D eigenvalue weighted by atomic mass is 10.1. The van der Waals surface area contributed by atoms with Crippen molar-refractivity contribution in [3.63, 3.8) is 0 Å². The van der Waals surface area contributed by atoms with Crippen LogP contribution in [0.3, 0.4) is 0 Å². The predicted molar refractivity (Wildman–Crippen MR) is 115 cm³/mol. The van der Waals surface area contributed by atoms with Gasteiger partial charge in [-0.15, -0.1) is 0 Å². The number of benzene rings is 3. The lowest BCUT2D eigenvalue weighted by molar-refractivity contribution is -0.118. The molecule has 5 nitrogen and oxygen atoms in total. The average molecular weight is 428 g/mol. The van der Waals surface area contributed by atoms with Crippen LogP contribution in [0.2, 0.25) is 10.0 Å². The van der Waals surface area contributed by atoms with Gasteiger partial charge in [-0.2, -0.15) is 0 Å². The van der Waals surface area contributed by atoms with Crippen molar-refractivity contribution in [2.24, 2.45) is 0 Å². The topological polar surface area (TPSA) is 68.5 Å². The first-order valence-corrected chi connectivity index (χ1v) is 9.51. The summed E-state index contributed by atoms with van der Waals surface area (Å²) in [6.07, 6.45) is 0. The molecule has 1 amide bonds. The molecule has 29 heavy (non-hydrogen) atoms. The van der Waals surface area contributed by atoms with Gasteiger partial charge in [-0.3, -0.25) is 9.59 Å². The van der Waals surface area contributed by atoms with Gasteiger partial charge in [0.05, 0.1) is 10.8 Å². The van der Waals surface area contributed by atoms with Crippen molar-refractivity contribution in [3.8, 4) is 5.75 Å². The summed E-state index contributed by atoms with van der Waals surface area (Å²) in [5.41, 5.74) is 1.95. The summed E-state index contributed by atoms with van der Waals surface area (Å²) in [6.45, 7) is 1.67. The molecule has 0 saturated heterocycles. The van der Waals surface area contributed by atoms with Gasteiger partial charge in [0.2, 0.25) is 5.43 Å². The lowest BCUT2D eigenvalue weighted by Crippen LogP contribution is -2.20. The number of hydrogen-bond donors (Lipinski definition) is 1. The molecule has 1 heterocycles. The Kier molecular flexibility index (Phi) is 5.18. The Morgan fingerprint density at radius 2 is 1.72 bits per heavy atom. The number of ether oxygens (including phenoxy) is 1. The number of carbonyl (C=O) groups is 1. The maximum Gasteiger partial charge on any atom is 0.262 e. The highest BCUT2D eigenvalue weighted by Gasteiger charge is 2.11. The molecular formula is C22H15Cl2NO4. The van der Waals surface area contributed by atoms with Gasteiger partial charge in [0, 0.05) is 21.8 Å². The van der Waals surface area contributed by atoms with Crippen LogP contribution in [0.15, 0.2) is 63.8 Å². The highest BCUT2D eigenvalue weighted by Crippen LogP contribution is 2.26. The van der Waals surface area contributed by atoms with E-state index in [4.69, 9.17) is 32.4 Å². The fourth-order valence-corrected chi connectivity index (χ4v) is 3.22. The van der Waals surface area contributed by atoms with Crippen LogP contribution in [0.1, 0.15) is 5.56 Å². The van der Waals surface area contributed by atoms with E-state index in [1.807, 2.05) is 6.92 Å². The molecule has 0 bridgehead atoms. The van der Waals surface area contributed by atoms with Gasteiger partial charge in [0.25, 0.3) is 5.91 Å². The molecule has 0 atom stereocenters. The third kappa shape index (κ3) is 4.06. The third-order valence-electron chi connectivity index (χ3n) is 4.42. The highest BCUT2D eigenvalue weighted by molar-refractivity contribution is 6.32. The minimum absolute atomic E-state index is 0.168. The molecule has 4 aromatic rings. The van der Waals surface area contributed by atoms with Crippen molar-refractivity contribution >= 4 is 56.7 Å². The van der Waals surface area contributed by atoms with Crippen molar-refractivity contribution in [1.29, 1.82) is 0 Å². The SMILES string of the molecule is Cc1cc2oc3cc(NC(=O)COc4ccc(Cl)cc4)ccc3c(=O)c2cc1Cl. The van der Waals surface area contributed by atoms with Crippen LogP contribution >= 0.6 is 23.2 Å². The number of halogens is 2. The van der Waals surface area contributed by atoms with E-state index in [1.54, 1.807) is 54.6 Å². The second-order valence-electron chi connectivity index (χ2n) is 6.53. The fourth-order valence-electron chi connectivity index (χ4n) is 2.93. The van der Waals surface area contributed by atoms with Crippen LogP contribution in [-0.2, 0) is 4.79 Å². The molecule has 1 N–H and O–H groups in total. The van der Waals surface area contributed by atoms with E-state index in [0.29, 0.717) is 43.4 Å². The van der Waals surface area contributed by atoms with Crippen LogP contribution in [0, 0.1) is 6.92 Å². The largest absolute Gasteiger partial charge is 0.484 e. The van der Waals surface area contributed by atoms with E-state index < -0.39 is 0 Å². The number of aryl methyl sites for hydroxylation is 1. The van der Waals surface area contributed by atoms with Gasteiger partial charge in [-0.25, -0.2) is 0 Å². The van der Waals surface area contributed by atoms with Crippen LogP contribution in [0.25, 0.3) is 21.9 Å². The Morgan fingerprint density at radius 1 is 1.00 bits per heavy atom. The summed E-state index contributed by atoms with van der Waals surface area (Å²) < 4.78 is 11.3. The minimum atomic E-state index is -0.343. The van der Waals surface area contributed by atoms with Crippen molar-refractivity contribution < 1.29 is 13.9 Å². The maximum atomic E-state index is 12.7. The zero-order chi connectivity index (χ0) is 20.5. The first-order valence-electron chi connectivity index (χ1n) is 8.75. The van der Waals surface area contributed by atoms with E-state index in [2.05, 4.69) is 5.32 Å². The van der Waals surface area contributed by atoms with Gasteiger partial charge >= 0.3 is 0 Å². The second kappa shape index (κ2) is 7.78. The number of rotatable bonds is 4. The van der Waals surface area contributed by atoms with Crippen LogP contribution < -0.4 is 15.5 Å². The van der Waals surface area contributed by atoms with E-state index in [9.17, 15) is 9.59 Å². The Hall–Kier alpha value is -3.02. The van der Waals surface area contributed by atoms with Gasteiger partial charge in [-0.1, -0.05) is 23.2 Å². The Bertz CT molecular complexity index is 1300. The smallest absolute Gasteiger partial charge is 0.262 e. The summed E-state index contributed by atoms with van der Waals surface area (Å²) in [7, 11) is 0. The summed E-state index contributed by atoms with van der Waals surface area (Å²) in [5.74, 6) is 0.194. The molecule has 146 valence electrons. The number of carbonyl (C=O) groups excluding carboxylic acids is 1. The zero-order valence-electron chi connectivity index (χ0n) is 15.3. The van der Waals surface area contributed by atoms with Crippen molar-refractivity contribution in [3.05, 3.63) is 80.4 Å². The molecule has 0 unspecified atom stereocenters. The Labute approximate surface area is 175 Å². The average Bonchev–Trinajstić information content (AvgIpc) is 2.69. The zero-order valence-corrected chi connectivity index (χ0v) is 16.8. The van der Waals surface area contributed by atoms with Crippen LogP contribution in [-0.4, -0.2) is 12.5 Å². The summed E-state index contributed by atoms with van der Waals surface area (Å²) >= 11 is 11.9. The van der Waals surface area contributed by atoms with Crippen molar-refractivity contribution in [2.75, 3.05) is 11.9 Å². The molecule has 1 aromatic heterocycles. The first-order chi connectivity index (χ1) is 13.9. The van der Waals surface area contributed by atoms with Gasteiger partial charge < -0.3 is 14.5 Å². The molecule has 0 radical (unpaired) electrons. The third-order valence-corrected chi connectivity index (χ3v) is 5.08. The number of nitrogens with one attached hydrogen (secondary N) is 1. The van der Waals surface area contributed by atoms with E-state index in [0.717, 1.165) is 5.56 Å². The minimum Gasteiger partial charge on any atom is -0.484 e. The number of anilines is 1. The monoisotopic (exact) mass is 427 g/mol. The molecule has 4 rings (SSSR count). The maximum absolute atomic E-state index is 12.7. The molecule has 0 aliphatic rings. The summed E-state index contributed by atoms with van der Waals surface area (Å²) in [6, 6.07) is 14.9. The highest BCUT2D eigenvalue weighted by atomic mass is 35.5. The molecule has 0 aliphatic heterocycles. The van der Waals surface area contributed by atoms with Gasteiger partial charge in [-0.05, 0) is 61.0 Å². The number of hydrogen-bond acceptors (Lipinski definition) is 4. The van der Waals surface area contributed by atoms with E-state index in [-0.39, 0.29) is 17.9 Å². The van der Waals surface area contributed by atoms with Gasteiger partial charge in [0.1, 0.15) is 16.9 Å². The first kappa shape index (κ1) is 19.3.